The lowest BCUT2D eigenvalue weighted by atomic mass is 9.86. The van der Waals surface area contributed by atoms with Crippen LogP contribution in [-0.2, 0) is 9.59 Å². The Hall–Kier alpha value is -1.62. The number of likely N-dealkylation sites (tertiary alicyclic amines) is 1. The van der Waals surface area contributed by atoms with Gasteiger partial charge in [-0.05, 0) is 43.7 Å². The van der Waals surface area contributed by atoms with Crippen LogP contribution in [0.25, 0.3) is 0 Å². The van der Waals surface area contributed by atoms with E-state index in [2.05, 4.69) is 10.3 Å². The smallest absolute Gasteiger partial charge is 0.230 e. The molecule has 5 nitrogen and oxygen atoms in total. The number of carbonyl (C=O) groups excluding carboxylic acids is 2. The summed E-state index contributed by atoms with van der Waals surface area (Å²) < 4.78 is 0. The summed E-state index contributed by atoms with van der Waals surface area (Å²) in [4.78, 5) is 31.1. The van der Waals surface area contributed by atoms with Crippen LogP contribution in [0.4, 0.5) is 5.82 Å². The van der Waals surface area contributed by atoms with E-state index in [4.69, 9.17) is 11.6 Å². The van der Waals surface area contributed by atoms with Crippen molar-refractivity contribution < 1.29 is 9.59 Å². The molecule has 2 amide bonds. The number of aromatic nitrogens is 1. The predicted molar refractivity (Wildman–Crippen MR) is 98.4 cm³/mol. The van der Waals surface area contributed by atoms with Crippen LogP contribution in [0.3, 0.4) is 0 Å². The number of hydrogen-bond acceptors (Lipinski definition) is 3. The molecule has 6 heteroatoms. The molecule has 0 bridgehead atoms. The van der Waals surface area contributed by atoms with E-state index < -0.39 is 0 Å². The molecule has 2 heterocycles. The number of nitrogens with one attached hydrogen (secondary N) is 1. The topological polar surface area (TPSA) is 62.3 Å². The molecular weight excluding hydrogens is 338 g/mol. The second kappa shape index (κ2) is 8.65. The molecule has 1 saturated heterocycles. The number of rotatable bonds is 4. The third-order valence-electron chi connectivity index (χ3n) is 5.31. The first kappa shape index (κ1) is 18.2. The number of anilines is 1. The predicted octanol–water partition coefficient (Wildman–Crippen LogP) is 3.88. The third kappa shape index (κ3) is 5.18. The highest BCUT2D eigenvalue weighted by atomic mass is 35.5. The van der Waals surface area contributed by atoms with Gasteiger partial charge in [0.1, 0.15) is 5.82 Å². The van der Waals surface area contributed by atoms with Crippen molar-refractivity contribution in [2.45, 2.75) is 51.4 Å². The van der Waals surface area contributed by atoms with Crippen molar-refractivity contribution in [1.82, 2.24) is 9.88 Å². The van der Waals surface area contributed by atoms with Crippen LogP contribution in [-0.4, -0.2) is 34.8 Å². The van der Waals surface area contributed by atoms with Gasteiger partial charge in [0.25, 0.3) is 0 Å². The molecular formula is C19H26ClN3O2. The number of carbonyl (C=O) groups is 2. The number of amides is 2. The molecule has 1 N–H and O–H groups in total. The molecule has 1 unspecified atom stereocenters. The number of nitrogens with zero attached hydrogens (tertiary/aromatic N) is 2. The van der Waals surface area contributed by atoms with Crippen LogP contribution >= 0.6 is 11.6 Å². The Balaban J connectivity index is 1.52. The van der Waals surface area contributed by atoms with Gasteiger partial charge in [0.15, 0.2) is 0 Å². The Labute approximate surface area is 154 Å². The number of halogens is 1. The molecule has 1 saturated carbocycles. The van der Waals surface area contributed by atoms with Gasteiger partial charge in [-0.1, -0.05) is 30.9 Å². The Bertz CT molecular complexity index is 599. The minimum Gasteiger partial charge on any atom is -0.342 e. The van der Waals surface area contributed by atoms with Crippen LogP contribution in [0, 0.1) is 11.8 Å². The standard InChI is InChI=1S/C19H26ClN3O2/c20-16-8-9-17(21-12-16)22-19(25)15-7-4-10-23(13-15)18(24)11-14-5-2-1-3-6-14/h8-9,12,14-15H,1-7,10-11,13H2,(H,21,22,25). The highest BCUT2D eigenvalue weighted by molar-refractivity contribution is 6.30. The van der Waals surface area contributed by atoms with Crippen molar-refractivity contribution in [3.63, 3.8) is 0 Å². The zero-order valence-electron chi connectivity index (χ0n) is 14.5. The first-order chi connectivity index (χ1) is 12.1. The Morgan fingerprint density at radius 1 is 1.16 bits per heavy atom. The van der Waals surface area contributed by atoms with Crippen molar-refractivity contribution in [3.8, 4) is 0 Å². The van der Waals surface area contributed by atoms with Gasteiger partial charge in [-0.15, -0.1) is 0 Å². The summed E-state index contributed by atoms with van der Waals surface area (Å²) in [5.41, 5.74) is 0. The fourth-order valence-corrected chi connectivity index (χ4v) is 3.97. The fraction of sp³-hybridized carbons (Fsp3) is 0.632. The summed E-state index contributed by atoms with van der Waals surface area (Å²) in [6.07, 6.45) is 9.99. The minimum absolute atomic E-state index is 0.0648. The molecule has 1 aliphatic heterocycles. The average molecular weight is 364 g/mol. The van der Waals surface area contributed by atoms with Crippen LogP contribution in [0.5, 0.6) is 0 Å². The molecule has 0 radical (unpaired) electrons. The molecule has 1 aliphatic carbocycles. The van der Waals surface area contributed by atoms with E-state index in [-0.39, 0.29) is 17.7 Å². The van der Waals surface area contributed by atoms with Gasteiger partial charge in [0.2, 0.25) is 11.8 Å². The van der Waals surface area contributed by atoms with E-state index in [0.717, 1.165) is 19.4 Å². The highest BCUT2D eigenvalue weighted by Gasteiger charge is 2.29. The molecule has 25 heavy (non-hydrogen) atoms. The second-order valence-electron chi connectivity index (χ2n) is 7.24. The lowest BCUT2D eigenvalue weighted by Gasteiger charge is -2.33. The molecule has 2 aliphatic rings. The van der Waals surface area contributed by atoms with Gasteiger partial charge in [-0.3, -0.25) is 9.59 Å². The monoisotopic (exact) mass is 363 g/mol. The Morgan fingerprint density at radius 2 is 1.96 bits per heavy atom. The van der Waals surface area contributed by atoms with Gasteiger partial charge < -0.3 is 10.2 Å². The summed E-state index contributed by atoms with van der Waals surface area (Å²) >= 11 is 5.81. The third-order valence-corrected chi connectivity index (χ3v) is 5.54. The summed E-state index contributed by atoms with van der Waals surface area (Å²) in [5, 5.41) is 3.37. The summed E-state index contributed by atoms with van der Waals surface area (Å²) in [6.45, 7) is 1.29. The molecule has 136 valence electrons. The maximum Gasteiger partial charge on any atom is 0.230 e. The SMILES string of the molecule is O=C(Nc1ccc(Cl)cn1)C1CCCN(C(=O)CC2CCCCC2)C1. The fourth-order valence-electron chi connectivity index (χ4n) is 3.86. The zero-order chi connectivity index (χ0) is 17.6. The van der Waals surface area contributed by atoms with Crippen molar-refractivity contribution >= 4 is 29.2 Å². The molecule has 0 spiro atoms. The highest BCUT2D eigenvalue weighted by Crippen LogP contribution is 2.28. The summed E-state index contributed by atoms with van der Waals surface area (Å²) in [5.74, 6) is 1.02. The van der Waals surface area contributed by atoms with E-state index in [1.807, 2.05) is 4.90 Å². The van der Waals surface area contributed by atoms with E-state index in [9.17, 15) is 9.59 Å². The van der Waals surface area contributed by atoms with Crippen LogP contribution in [0.1, 0.15) is 51.4 Å². The lowest BCUT2D eigenvalue weighted by Crippen LogP contribution is -2.44. The van der Waals surface area contributed by atoms with Crippen molar-refractivity contribution in [2.24, 2.45) is 11.8 Å². The minimum atomic E-state index is -0.165. The zero-order valence-corrected chi connectivity index (χ0v) is 15.3. The normalized spacial score (nSPS) is 21.8. The van der Waals surface area contributed by atoms with Crippen molar-refractivity contribution in [2.75, 3.05) is 18.4 Å². The van der Waals surface area contributed by atoms with Gasteiger partial charge >= 0.3 is 0 Å². The van der Waals surface area contributed by atoms with Crippen LogP contribution in [0.2, 0.25) is 5.02 Å². The van der Waals surface area contributed by atoms with Gasteiger partial charge in [-0.2, -0.15) is 0 Å². The van der Waals surface area contributed by atoms with E-state index in [1.165, 1.54) is 38.3 Å². The van der Waals surface area contributed by atoms with Gasteiger partial charge in [-0.25, -0.2) is 4.98 Å². The molecule has 1 aromatic rings. The molecule has 1 atom stereocenters. The molecule has 0 aromatic carbocycles. The van der Waals surface area contributed by atoms with Crippen molar-refractivity contribution in [3.05, 3.63) is 23.4 Å². The summed E-state index contributed by atoms with van der Waals surface area (Å²) in [7, 11) is 0. The van der Waals surface area contributed by atoms with Crippen molar-refractivity contribution in [1.29, 1.82) is 0 Å². The van der Waals surface area contributed by atoms with E-state index in [1.54, 1.807) is 12.1 Å². The largest absolute Gasteiger partial charge is 0.342 e. The first-order valence-electron chi connectivity index (χ1n) is 9.32. The van der Waals surface area contributed by atoms with Crippen LogP contribution in [0.15, 0.2) is 18.3 Å². The quantitative estimate of drug-likeness (QED) is 0.882. The van der Waals surface area contributed by atoms with Crippen LogP contribution < -0.4 is 5.32 Å². The van der Waals surface area contributed by atoms with E-state index in [0.29, 0.717) is 29.7 Å². The Kier molecular flexibility index (Phi) is 6.29. The lowest BCUT2D eigenvalue weighted by molar-refractivity contribution is -0.135. The van der Waals surface area contributed by atoms with Gasteiger partial charge in [0.05, 0.1) is 10.9 Å². The number of pyridine rings is 1. The summed E-state index contributed by atoms with van der Waals surface area (Å²) in [6, 6.07) is 3.39. The molecule has 1 aromatic heterocycles. The maximum atomic E-state index is 12.6. The second-order valence-corrected chi connectivity index (χ2v) is 7.67. The molecule has 2 fully saturated rings. The maximum absolute atomic E-state index is 12.6. The molecule has 3 rings (SSSR count). The number of piperidine rings is 1. The van der Waals surface area contributed by atoms with E-state index >= 15 is 0 Å². The van der Waals surface area contributed by atoms with Gasteiger partial charge in [0, 0.05) is 25.7 Å². The number of hydrogen-bond donors (Lipinski definition) is 1. The average Bonchev–Trinajstić information content (AvgIpc) is 2.64. The first-order valence-corrected chi connectivity index (χ1v) is 9.70. The Morgan fingerprint density at radius 3 is 2.68 bits per heavy atom.